The molecule has 302 valence electrons. The van der Waals surface area contributed by atoms with E-state index in [1.807, 2.05) is 48.5 Å². The van der Waals surface area contributed by atoms with Gasteiger partial charge in [-0.3, -0.25) is 14.4 Å². The van der Waals surface area contributed by atoms with Gasteiger partial charge in [-0.25, -0.2) is 0 Å². The number of ketones is 2. The van der Waals surface area contributed by atoms with Gasteiger partial charge in [-0.2, -0.15) is 0 Å². The third kappa shape index (κ3) is 7.83. The number of ether oxygens (including phenoxy) is 5. The minimum atomic E-state index is -1.56. The summed E-state index contributed by atoms with van der Waals surface area (Å²) in [5.41, 5.74) is -1.71. The highest BCUT2D eigenvalue weighted by molar-refractivity contribution is 5.97. The number of rotatable bonds is 12. The summed E-state index contributed by atoms with van der Waals surface area (Å²) in [6, 6.07) is 0. The molecule has 4 saturated heterocycles. The average molecular weight is 749 g/mol. The Morgan fingerprint density at radius 1 is 0.906 bits per heavy atom. The lowest BCUT2D eigenvalue weighted by atomic mass is 9.72. The maximum atomic E-state index is 14.4. The molecule has 5 rings (SSSR count). The number of carboxylic acid groups (broad SMARTS) is 1. The normalized spacial score (nSPS) is 44.8. The van der Waals surface area contributed by atoms with Crippen molar-refractivity contribution in [1.29, 1.82) is 0 Å². The van der Waals surface area contributed by atoms with E-state index in [1.165, 1.54) is 6.08 Å². The molecule has 17 atom stereocenters. The van der Waals surface area contributed by atoms with Gasteiger partial charge < -0.3 is 39.0 Å². The number of hydrogen-bond acceptors (Lipinski definition) is 10. The second-order valence-electron chi connectivity index (χ2n) is 17.8. The maximum Gasteiger partial charge on any atom is 0.309 e. The summed E-state index contributed by atoms with van der Waals surface area (Å²) in [7, 11) is 0. The van der Waals surface area contributed by atoms with Crippen LogP contribution in [0.3, 0.4) is 0 Å². The van der Waals surface area contributed by atoms with Gasteiger partial charge in [0, 0.05) is 30.1 Å². The van der Waals surface area contributed by atoms with E-state index in [1.54, 1.807) is 13.0 Å². The van der Waals surface area contributed by atoms with Gasteiger partial charge in [-0.1, -0.05) is 55.4 Å². The zero-order valence-corrected chi connectivity index (χ0v) is 33.8. The molecular weight excluding hydrogens is 680 g/mol. The van der Waals surface area contributed by atoms with Gasteiger partial charge in [0.2, 0.25) is 11.6 Å². The fourth-order valence-corrected chi connectivity index (χ4v) is 10.4. The van der Waals surface area contributed by atoms with E-state index in [-0.39, 0.29) is 47.6 Å². The van der Waals surface area contributed by atoms with Crippen LogP contribution in [0.15, 0.2) is 12.2 Å². The number of carboxylic acids is 1. The van der Waals surface area contributed by atoms with Gasteiger partial charge in [-0.15, -0.1) is 0 Å². The maximum absolute atomic E-state index is 14.4. The van der Waals surface area contributed by atoms with Crippen LogP contribution in [-0.2, 0) is 38.1 Å². The molecule has 0 aliphatic carbocycles. The Labute approximate surface area is 316 Å². The van der Waals surface area contributed by atoms with Crippen LogP contribution in [0.2, 0.25) is 0 Å². The molecule has 0 aromatic heterocycles. The quantitative estimate of drug-likeness (QED) is 0.203. The van der Waals surface area contributed by atoms with Crippen LogP contribution in [0.25, 0.3) is 0 Å². The van der Waals surface area contributed by atoms with Crippen molar-refractivity contribution in [2.75, 3.05) is 0 Å². The molecule has 5 heterocycles. The van der Waals surface area contributed by atoms with Crippen LogP contribution >= 0.6 is 0 Å². The number of carbonyl (C=O) groups is 3. The highest BCUT2D eigenvalue weighted by atomic mass is 16.8. The van der Waals surface area contributed by atoms with Crippen LogP contribution < -0.4 is 0 Å². The zero-order chi connectivity index (χ0) is 39.3. The number of carbonyl (C=O) groups excluding carboxylic acids is 2. The van der Waals surface area contributed by atoms with Gasteiger partial charge in [0.25, 0.3) is 0 Å². The molecule has 11 heteroatoms. The largest absolute Gasteiger partial charge is 0.481 e. The molecular formula is C42H68O11. The monoisotopic (exact) mass is 748 g/mol. The molecule has 0 aromatic carbocycles. The van der Waals surface area contributed by atoms with Crippen molar-refractivity contribution in [3.05, 3.63) is 12.2 Å². The topological polar surface area (TPSA) is 158 Å². The highest BCUT2D eigenvalue weighted by Crippen LogP contribution is 2.53. The van der Waals surface area contributed by atoms with E-state index < -0.39 is 70.7 Å². The van der Waals surface area contributed by atoms with Crippen LogP contribution in [0.4, 0.5) is 0 Å². The molecule has 53 heavy (non-hydrogen) atoms. The van der Waals surface area contributed by atoms with Crippen molar-refractivity contribution in [3.63, 3.8) is 0 Å². The summed E-state index contributed by atoms with van der Waals surface area (Å²) >= 11 is 0. The van der Waals surface area contributed by atoms with E-state index in [4.69, 9.17) is 23.7 Å². The second-order valence-corrected chi connectivity index (χ2v) is 17.8. The molecule has 0 bridgehead atoms. The van der Waals surface area contributed by atoms with Crippen molar-refractivity contribution in [3.8, 4) is 0 Å². The average Bonchev–Trinajstić information content (AvgIpc) is 3.47. The lowest BCUT2D eigenvalue weighted by Crippen LogP contribution is -2.62. The minimum Gasteiger partial charge on any atom is -0.481 e. The molecule has 4 fully saturated rings. The molecule has 11 nitrogen and oxygen atoms in total. The second kappa shape index (κ2) is 16.0. The Kier molecular flexibility index (Phi) is 12.8. The van der Waals surface area contributed by atoms with Crippen LogP contribution in [-0.4, -0.2) is 92.3 Å². The number of aliphatic hydroxyl groups excluding tert-OH is 1. The molecule has 0 saturated carbocycles. The number of Topliss-reactive ketones (excluding diaryl/α,β-unsaturated/α-hetero) is 1. The fourth-order valence-electron chi connectivity index (χ4n) is 10.4. The van der Waals surface area contributed by atoms with Crippen molar-refractivity contribution in [1.82, 2.24) is 0 Å². The Morgan fingerprint density at radius 2 is 1.58 bits per heavy atom. The molecule has 5 aliphatic rings. The minimum absolute atomic E-state index is 0.00877. The third-order valence-electron chi connectivity index (χ3n) is 14.3. The summed E-state index contributed by atoms with van der Waals surface area (Å²) in [6.07, 6.45) is 5.84. The van der Waals surface area contributed by atoms with Crippen LogP contribution in [0.5, 0.6) is 0 Å². The molecule has 2 spiro atoms. The van der Waals surface area contributed by atoms with Crippen LogP contribution in [0.1, 0.15) is 133 Å². The molecule has 5 aliphatic heterocycles. The molecule has 0 unspecified atom stereocenters. The molecule has 0 aromatic rings. The van der Waals surface area contributed by atoms with E-state index >= 15 is 0 Å². The van der Waals surface area contributed by atoms with Gasteiger partial charge in [-0.05, 0) is 95.6 Å². The van der Waals surface area contributed by atoms with Gasteiger partial charge in [0.15, 0.2) is 5.79 Å². The van der Waals surface area contributed by atoms with Gasteiger partial charge >= 0.3 is 5.97 Å². The SMILES string of the molecule is CC[C@@H](C(=O)[C@@H](C)[C@@H](O)[C@H](C)[C@@H]1O[C@@H]([C@@H](CC)C(=O)O)CC[C@@H]1C)[C@H]1O[C@]2(C=CC(=O)[C@]3(CC[C@@](C)([C@H]4CC[C@](O)(CC)[C@H](C)O4)O3)O2)[C@H](C)C[C@@H]1C. The predicted molar refractivity (Wildman–Crippen MR) is 198 cm³/mol. The first-order valence-corrected chi connectivity index (χ1v) is 20.6. The summed E-state index contributed by atoms with van der Waals surface area (Å²) < 4.78 is 33.2. The summed E-state index contributed by atoms with van der Waals surface area (Å²) in [6.45, 7) is 19.4. The third-order valence-corrected chi connectivity index (χ3v) is 14.3. The first-order chi connectivity index (χ1) is 24.8. The van der Waals surface area contributed by atoms with E-state index in [9.17, 15) is 29.7 Å². The molecule has 0 amide bonds. The van der Waals surface area contributed by atoms with Gasteiger partial charge in [0.05, 0.1) is 53.7 Å². The Morgan fingerprint density at radius 3 is 2.19 bits per heavy atom. The fraction of sp³-hybridized carbons (Fsp3) is 0.881. The Hall–Kier alpha value is -1.73. The van der Waals surface area contributed by atoms with Crippen molar-refractivity contribution < 1.29 is 53.4 Å². The lowest BCUT2D eigenvalue weighted by Gasteiger charge is -2.53. The highest BCUT2D eigenvalue weighted by Gasteiger charge is 2.63. The predicted octanol–water partition coefficient (Wildman–Crippen LogP) is 6.40. The van der Waals surface area contributed by atoms with Gasteiger partial charge in [0.1, 0.15) is 5.78 Å². The van der Waals surface area contributed by atoms with Crippen molar-refractivity contribution in [2.24, 2.45) is 41.4 Å². The summed E-state index contributed by atoms with van der Waals surface area (Å²) in [4.78, 5) is 40.0. The van der Waals surface area contributed by atoms with Crippen molar-refractivity contribution in [2.45, 2.75) is 193 Å². The van der Waals surface area contributed by atoms with E-state index in [0.717, 1.165) is 6.42 Å². The van der Waals surface area contributed by atoms with E-state index in [2.05, 4.69) is 13.8 Å². The number of hydrogen-bond donors (Lipinski definition) is 3. The summed E-state index contributed by atoms with van der Waals surface area (Å²) in [5, 5.41) is 32.5. The molecule has 0 radical (unpaired) electrons. The van der Waals surface area contributed by atoms with Crippen LogP contribution in [0, 0.1) is 41.4 Å². The van der Waals surface area contributed by atoms with E-state index in [0.29, 0.717) is 57.8 Å². The first-order valence-electron chi connectivity index (χ1n) is 20.6. The Bertz CT molecular complexity index is 1370. The summed E-state index contributed by atoms with van der Waals surface area (Å²) in [5.74, 6) is -6.46. The smallest absolute Gasteiger partial charge is 0.309 e. The van der Waals surface area contributed by atoms with Crippen molar-refractivity contribution >= 4 is 17.5 Å². The first kappa shape index (κ1) is 42.4. The standard InChI is InChI=1S/C42H68O11/c1-11-29(38(46)47)31-15-14-23(4)36(50-31)27(8)34(44)26(7)35(45)30(12-2)37-24(5)22-25(6)41(51-37)19-16-32(43)42(53-41)21-20-39(10,52-42)33-17-18-40(48,13-3)28(9)49-33/h16,19,23-31,33-34,36-37,44,48H,11-15,17-18,20-22H2,1-10H3,(H,46,47)/t23-,24-,25+,26-,27-,28-,29+,30-,31+,33+,34+,36+,37-,39-,40+,41-,42-/m0/s1. The Balaban J connectivity index is 1.31. The molecule has 3 N–H and O–H groups in total. The number of aliphatic hydroxyl groups is 2. The lowest BCUT2D eigenvalue weighted by molar-refractivity contribution is -0.378. The zero-order valence-electron chi connectivity index (χ0n) is 33.8. The number of aliphatic carboxylic acids is 1.